The van der Waals surface area contributed by atoms with E-state index in [1.807, 2.05) is 32.2 Å². The molecule has 1 aromatic rings. The van der Waals surface area contributed by atoms with Gasteiger partial charge in [0.05, 0.1) is 12.1 Å². The van der Waals surface area contributed by atoms with Gasteiger partial charge in [-0.1, -0.05) is 6.07 Å². The molecule has 0 radical (unpaired) electrons. The van der Waals surface area contributed by atoms with Crippen LogP contribution in [-0.2, 0) is 14.3 Å². The van der Waals surface area contributed by atoms with Crippen LogP contribution in [0.25, 0.3) is 0 Å². The number of nitrogens with two attached hydrogens (primary N) is 1. The Morgan fingerprint density at radius 1 is 1.48 bits per heavy atom. The van der Waals surface area contributed by atoms with Gasteiger partial charge in [0, 0.05) is 11.4 Å². The summed E-state index contributed by atoms with van der Waals surface area (Å²) in [6, 6.07) is 2.87. The Hall–Kier alpha value is -1.44. The minimum absolute atomic E-state index is 0.254. The summed E-state index contributed by atoms with van der Waals surface area (Å²) in [6.45, 7) is 5.95. The van der Waals surface area contributed by atoms with Crippen molar-refractivity contribution in [3.63, 3.8) is 0 Å². The molecule has 1 fully saturated rings. The molecule has 1 aliphatic heterocycles. The Morgan fingerprint density at radius 3 is 2.65 bits per heavy atom. The van der Waals surface area contributed by atoms with Gasteiger partial charge in [0.15, 0.2) is 0 Å². The van der Waals surface area contributed by atoms with Crippen LogP contribution in [0.5, 0.6) is 0 Å². The van der Waals surface area contributed by atoms with Gasteiger partial charge in [0.25, 0.3) is 0 Å². The lowest BCUT2D eigenvalue weighted by molar-refractivity contribution is -0.163. The predicted molar refractivity (Wildman–Crippen MR) is 87.9 cm³/mol. The molecule has 128 valence electrons. The first-order chi connectivity index (χ1) is 10.7. The molecule has 3 N–H and O–H groups in total. The van der Waals surface area contributed by atoms with Crippen molar-refractivity contribution < 1.29 is 19.4 Å². The summed E-state index contributed by atoms with van der Waals surface area (Å²) in [5.74, 6) is -1.45. The lowest BCUT2D eigenvalue weighted by atomic mass is 9.93. The fourth-order valence-electron chi connectivity index (χ4n) is 2.81. The van der Waals surface area contributed by atoms with Crippen molar-refractivity contribution in [2.24, 2.45) is 11.7 Å². The monoisotopic (exact) mass is 340 g/mol. The number of rotatable bonds is 4. The van der Waals surface area contributed by atoms with Gasteiger partial charge in [-0.2, -0.15) is 0 Å². The number of carboxylic acid groups (broad SMARTS) is 1. The van der Waals surface area contributed by atoms with E-state index in [2.05, 4.69) is 0 Å². The van der Waals surface area contributed by atoms with Gasteiger partial charge in [0.1, 0.15) is 11.6 Å². The third-order valence-corrected chi connectivity index (χ3v) is 4.73. The molecule has 0 saturated carbocycles. The van der Waals surface area contributed by atoms with E-state index >= 15 is 0 Å². The van der Waals surface area contributed by atoms with E-state index in [0.29, 0.717) is 19.4 Å². The van der Waals surface area contributed by atoms with Crippen molar-refractivity contribution in [1.82, 2.24) is 4.90 Å². The maximum absolute atomic E-state index is 12.2. The number of esters is 1. The molecule has 0 aromatic carbocycles. The topological polar surface area (TPSA) is 92.9 Å². The lowest BCUT2D eigenvalue weighted by Crippen LogP contribution is -2.52. The van der Waals surface area contributed by atoms with Gasteiger partial charge < -0.3 is 15.6 Å². The molecule has 2 heterocycles. The number of carbonyl (C=O) groups is 2. The minimum atomic E-state index is -0.918. The molecule has 0 bridgehead atoms. The van der Waals surface area contributed by atoms with Gasteiger partial charge in [-0.15, -0.1) is 11.3 Å². The van der Waals surface area contributed by atoms with Gasteiger partial charge in [0.2, 0.25) is 0 Å². The van der Waals surface area contributed by atoms with Crippen LogP contribution >= 0.6 is 11.3 Å². The van der Waals surface area contributed by atoms with Crippen LogP contribution in [0.4, 0.5) is 0 Å². The molecule has 0 amide bonds. The molecule has 6 nitrogen and oxygen atoms in total. The van der Waals surface area contributed by atoms with Crippen molar-refractivity contribution in [1.29, 1.82) is 0 Å². The van der Waals surface area contributed by atoms with Crippen LogP contribution < -0.4 is 5.73 Å². The fraction of sp³-hybridized carbons (Fsp3) is 0.625. The molecule has 23 heavy (non-hydrogen) atoms. The Morgan fingerprint density at radius 2 is 2.17 bits per heavy atom. The van der Waals surface area contributed by atoms with E-state index in [0.717, 1.165) is 4.88 Å². The molecular formula is C16H24N2O4S. The largest absolute Gasteiger partial charge is 0.480 e. The number of hydrogen-bond acceptors (Lipinski definition) is 6. The number of hydrogen-bond donors (Lipinski definition) is 2. The Balaban J connectivity index is 2.06. The Bertz CT molecular complexity index is 553. The van der Waals surface area contributed by atoms with Crippen molar-refractivity contribution >= 4 is 23.3 Å². The quantitative estimate of drug-likeness (QED) is 0.816. The molecule has 3 atom stereocenters. The molecule has 2 rings (SSSR count). The zero-order chi connectivity index (χ0) is 17.2. The van der Waals surface area contributed by atoms with Crippen molar-refractivity contribution in [3.05, 3.63) is 22.4 Å². The van der Waals surface area contributed by atoms with Gasteiger partial charge >= 0.3 is 11.9 Å². The summed E-state index contributed by atoms with van der Waals surface area (Å²) in [6.07, 6.45) is 0.478. The maximum atomic E-state index is 12.2. The number of thiophene rings is 1. The fourth-order valence-corrected chi connectivity index (χ4v) is 3.65. The predicted octanol–water partition coefficient (Wildman–Crippen LogP) is 2.21. The Labute approximate surface area is 140 Å². The molecule has 1 aromatic heterocycles. The van der Waals surface area contributed by atoms with Crippen LogP contribution in [0.3, 0.4) is 0 Å². The minimum Gasteiger partial charge on any atom is -0.480 e. The van der Waals surface area contributed by atoms with Crippen LogP contribution in [0.1, 0.15) is 44.5 Å². The number of ether oxygens (including phenoxy) is 1. The van der Waals surface area contributed by atoms with Gasteiger partial charge in [-0.3, -0.25) is 14.5 Å². The van der Waals surface area contributed by atoms with Crippen molar-refractivity contribution in [2.75, 3.05) is 6.54 Å². The number of aliphatic carboxylic acids is 1. The average molecular weight is 340 g/mol. The highest BCUT2D eigenvalue weighted by molar-refractivity contribution is 7.10. The lowest BCUT2D eigenvalue weighted by Gasteiger charge is -2.39. The van der Waals surface area contributed by atoms with Crippen molar-refractivity contribution in [2.45, 2.75) is 51.4 Å². The summed E-state index contributed by atoms with van der Waals surface area (Å²) in [4.78, 5) is 26.4. The smallest absolute Gasteiger partial charge is 0.326 e. The highest BCUT2D eigenvalue weighted by Crippen LogP contribution is 2.32. The van der Waals surface area contributed by atoms with Gasteiger partial charge in [-0.25, -0.2) is 0 Å². The molecule has 0 aliphatic carbocycles. The zero-order valence-electron chi connectivity index (χ0n) is 13.7. The molecular weight excluding hydrogens is 316 g/mol. The van der Waals surface area contributed by atoms with E-state index in [-0.39, 0.29) is 11.9 Å². The maximum Gasteiger partial charge on any atom is 0.326 e. The third kappa shape index (κ3) is 4.53. The summed E-state index contributed by atoms with van der Waals surface area (Å²) in [5, 5.41) is 11.4. The second kappa shape index (κ2) is 6.98. The molecule has 1 saturated heterocycles. The second-order valence-electron chi connectivity index (χ2n) is 6.82. The number of carbonyl (C=O) groups excluding carboxylic acids is 1. The summed E-state index contributed by atoms with van der Waals surface area (Å²) < 4.78 is 5.41. The van der Waals surface area contributed by atoms with Crippen LogP contribution in [0.15, 0.2) is 17.5 Å². The van der Waals surface area contributed by atoms with Gasteiger partial charge in [-0.05, 0) is 45.1 Å². The molecule has 1 aliphatic rings. The summed E-state index contributed by atoms with van der Waals surface area (Å²) in [5.41, 5.74) is 5.65. The first-order valence-corrected chi connectivity index (χ1v) is 8.57. The Kier molecular flexibility index (Phi) is 5.44. The number of likely N-dealkylation sites (tertiary alicyclic amines) is 1. The van der Waals surface area contributed by atoms with E-state index in [1.54, 1.807) is 11.0 Å². The number of carboxylic acids is 1. The van der Waals surface area contributed by atoms with Crippen LogP contribution in [-0.4, -0.2) is 40.3 Å². The molecule has 0 spiro atoms. The SMILES string of the molecule is CC(C)(C)OC(=O)[C@@H]1CCN([C@@H](C(=O)O)c2cccs2)[C@H](N)C1. The van der Waals surface area contributed by atoms with E-state index < -0.39 is 23.8 Å². The normalized spacial score (nSPS) is 24.2. The first-order valence-electron chi connectivity index (χ1n) is 7.69. The summed E-state index contributed by atoms with van der Waals surface area (Å²) in [7, 11) is 0. The molecule has 7 heteroatoms. The average Bonchev–Trinajstić information content (AvgIpc) is 2.92. The second-order valence-corrected chi connectivity index (χ2v) is 7.80. The van der Waals surface area contributed by atoms with E-state index in [1.165, 1.54) is 11.3 Å². The number of piperidine rings is 1. The van der Waals surface area contributed by atoms with E-state index in [4.69, 9.17) is 10.5 Å². The van der Waals surface area contributed by atoms with Crippen molar-refractivity contribution in [3.8, 4) is 0 Å². The first kappa shape index (κ1) is 17.9. The van der Waals surface area contributed by atoms with Crippen LogP contribution in [0, 0.1) is 5.92 Å². The standard InChI is InChI=1S/C16H24N2O4S/c1-16(2,3)22-15(21)10-6-7-18(12(17)9-10)13(14(19)20)11-5-4-8-23-11/h4-5,8,10,12-13H,6-7,9,17H2,1-3H3,(H,19,20)/t10-,12+,13-/m1/s1. The number of nitrogens with zero attached hydrogens (tertiary/aromatic N) is 1. The highest BCUT2D eigenvalue weighted by atomic mass is 32.1. The van der Waals surface area contributed by atoms with Crippen LogP contribution in [0.2, 0.25) is 0 Å². The molecule has 0 unspecified atom stereocenters. The van der Waals surface area contributed by atoms with E-state index in [9.17, 15) is 14.7 Å². The third-order valence-electron chi connectivity index (χ3n) is 3.81. The highest BCUT2D eigenvalue weighted by Gasteiger charge is 2.39. The zero-order valence-corrected chi connectivity index (χ0v) is 14.5. The summed E-state index contributed by atoms with van der Waals surface area (Å²) >= 11 is 1.40.